The van der Waals surface area contributed by atoms with E-state index in [4.69, 9.17) is 0 Å². The summed E-state index contributed by atoms with van der Waals surface area (Å²) >= 11 is 0. The lowest BCUT2D eigenvalue weighted by Gasteiger charge is -2.33. The number of aryl methyl sites for hydroxylation is 1. The fourth-order valence-corrected chi connectivity index (χ4v) is 3.54. The maximum atomic E-state index is 12.8. The highest BCUT2D eigenvalue weighted by Gasteiger charge is 2.26. The third kappa shape index (κ3) is 3.81. The smallest absolute Gasteiger partial charge is 0.324 e. The fraction of sp³-hybridized carbons (Fsp3) is 0.526. The number of carbonyl (C=O) groups is 3. The van der Waals surface area contributed by atoms with Gasteiger partial charge in [-0.3, -0.25) is 14.5 Å². The number of rotatable bonds is 4. The molecule has 2 aliphatic rings. The van der Waals surface area contributed by atoms with Crippen molar-refractivity contribution in [3.8, 4) is 0 Å². The number of nitrogens with zero attached hydrogens (tertiary/aromatic N) is 2. The molecule has 140 valence electrons. The molecule has 0 saturated carbocycles. The first-order chi connectivity index (χ1) is 12.5. The van der Waals surface area contributed by atoms with E-state index >= 15 is 0 Å². The van der Waals surface area contributed by atoms with Crippen molar-refractivity contribution in [1.82, 2.24) is 15.1 Å². The lowest BCUT2D eigenvalue weighted by molar-refractivity contribution is -0.125. The quantitative estimate of drug-likeness (QED) is 0.862. The average Bonchev–Trinajstić information content (AvgIpc) is 3.06. The van der Waals surface area contributed by atoms with Crippen molar-refractivity contribution in [3.63, 3.8) is 0 Å². The van der Waals surface area contributed by atoms with Gasteiger partial charge in [-0.1, -0.05) is 0 Å². The first-order valence-corrected chi connectivity index (χ1v) is 9.21. The monoisotopic (exact) mass is 358 g/mol. The van der Waals surface area contributed by atoms with Crippen molar-refractivity contribution in [3.05, 3.63) is 29.3 Å². The molecule has 4 amide bonds. The normalized spacial score (nSPS) is 20.1. The van der Waals surface area contributed by atoms with Gasteiger partial charge in [0.25, 0.3) is 5.91 Å². The van der Waals surface area contributed by atoms with Gasteiger partial charge in [0, 0.05) is 36.9 Å². The van der Waals surface area contributed by atoms with Crippen LogP contribution in [-0.4, -0.2) is 59.9 Å². The van der Waals surface area contributed by atoms with E-state index < -0.39 is 0 Å². The van der Waals surface area contributed by atoms with Gasteiger partial charge in [-0.25, -0.2) is 4.79 Å². The lowest BCUT2D eigenvalue weighted by Crippen LogP contribution is -2.42. The molecular formula is C19H26N4O3. The Hall–Kier alpha value is -2.57. The number of carbonyl (C=O) groups excluding carboxylic acids is 3. The zero-order valence-electron chi connectivity index (χ0n) is 15.4. The van der Waals surface area contributed by atoms with Crippen molar-refractivity contribution in [2.24, 2.45) is 0 Å². The number of hydrogen-bond acceptors (Lipinski definition) is 4. The predicted octanol–water partition coefficient (Wildman–Crippen LogP) is 1.97. The van der Waals surface area contributed by atoms with Crippen LogP contribution in [0.5, 0.6) is 0 Å². The summed E-state index contributed by atoms with van der Waals surface area (Å²) in [5, 5.41) is 5.68. The summed E-state index contributed by atoms with van der Waals surface area (Å²) in [5.41, 5.74) is 2.37. The highest BCUT2D eigenvalue weighted by molar-refractivity contribution is 5.98. The fourth-order valence-electron chi connectivity index (χ4n) is 3.54. The topological polar surface area (TPSA) is 81.8 Å². The van der Waals surface area contributed by atoms with Crippen LogP contribution in [0.15, 0.2) is 18.2 Å². The maximum Gasteiger partial charge on any atom is 0.324 e. The highest BCUT2D eigenvalue weighted by Crippen LogP contribution is 2.22. The number of hydrogen-bond donors (Lipinski definition) is 2. The number of benzene rings is 1. The van der Waals surface area contributed by atoms with E-state index in [1.165, 1.54) is 11.3 Å². The van der Waals surface area contributed by atoms with E-state index in [-0.39, 0.29) is 30.4 Å². The Bertz CT molecular complexity index is 719. The molecule has 0 radical (unpaired) electrons. The number of amides is 4. The van der Waals surface area contributed by atoms with E-state index in [1.54, 1.807) is 6.07 Å². The van der Waals surface area contributed by atoms with Gasteiger partial charge < -0.3 is 15.5 Å². The summed E-state index contributed by atoms with van der Waals surface area (Å²) in [5.74, 6) is -0.196. The van der Waals surface area contributed by atoms with E-state index in [0.717, 1.165) is 30.6 Å². The standard InChI is InChI=1S/C19H26N4O3/c1-13-11-15(18(25)22-9-4-3-5-14(22)2)6-7-16(13)21-12-17(24)23-10-8-20-19(23)26/h6-7,11,14,21H,3-5,8-10,12H2,1-2H3,(H,20,26)/t14-/m1/s1. The Labute approximate surface area is 153 Å². The second-order valence-corrected chi connectivity index (χ2v) is 7.00. The molecule has 7 heteroatoms. The van der Waals surface area contributed by atoms with Crippen molar-refractivity contribution in [2.75, 3.05) is 31.5 Å². The van der Waals surface area contributed by atoms with Crippen LogP contribution in [0.3, 0.4) is 0 Å². The van der Waals surface area contributed by atoms with Gasteiger partial charge in [-0.05, 0) is 56.9 Å². The highest BCUT2D eigenvalue weighted by atomic mass is 16.2. The third-order valence-electron chi connectivity index (χ3n) is 5.13. The second kappa shape index (κ2) is 7.76. The Morgan fingerprint density at radius 3 is 2.73 bits per heavy atom. The summed E-state index contributed by atoms with van der Waals surface area (Å²) in [6.07, 6.45) is 3.29. The molecule has 0 aliphatic carbocycles. The van der Waals surface area contributed by atoms with Gasteiger partial charge in [-0.2, -0.15) is 0 Å². The van der Waals surface area contributed by atoms with Crippen LogP contribution in [-0.2, 0) is 4.79 Å². The molecule has 0 bridgehead atoms. The molecule has 1 atom stereocenters. The van der Waals surface area contributed by atoms with Crippen LogP contribution < -0.4 is 10.6 Å². The van der Waals surface area contributed by atoms with Crippen molar-refractivity contribution in [2.45, 2.75) is 39.2 Å². The first-order valence-electron chi connectivity index (χ1n) is 9.21. The molecule has 2 saturated heterocycles. The molecule has 1 aromatic rings. The van der Waals surface area contributed by atoms with Crippen LogP contribution in [0.25, 0.3) is 0 Å². The Balaban J connectivity index is 1.63. The molecule has 2 N–H and O–H groups in total. The Morgan fingerprint density at radius 1 is 1.27 bits per heavy atom. The van der Waals surface area contributed by atoms with Crippen LogP contribution in [0, 0.1) is 6.92 Å². The molecule has 26 heavy (non-hydrogen) atoms. The molecule has 3 rings (SSSR count). The summed E-state index contributed by atoms with van der Waals surface area (Å²) in [7, 11) is 0. The molecule has 0 aromatic heterocycles. The molecule has 2 aliphatic heterocycles. The minimum absolute atomic E-state index is 0.0463. The zero-order valence-corrected chi connectivity index (χ0v) is 15.4. The largest absolute Gasteiger partial charge is 0.376 e. The van der Waals surface area contributed by atoms with Gasteiger partial charge >= 0.3 is 6.03 Å². The number of nitrogens with one attached hydrogen (secondary N) is 2. The predicted molar refractivity (Wildman–Crippen MR) is 99.1 cm³/mol. The molecular weight excluding hydrogens is 332 g/mol. The van der Waals surface area contributed by atoms with Gasteiger partial charge in [0.2, 0.25) is 5.91 Å². The molecule has 0 unspecified atom stereocenters. The molecule has 7 nitrogen and oxygen atoms in total. The SMILES string of the molecule is Cc1cc(C(=O)N2CCCC[C@H]2C)ccc1NCC(=O)N1CCNC1=O. The summed E-state index contributed by atoms with van der Waals surface area (Å²) in [6.45, 7) is 5.76. The molecule has 2 heterocycles. The van der Waals surface area contributed by atoms with E-state index in [1.807, 2.05) is 24.0 Å². The van der Waals surface area contributed by atoms with Gasteiger partial charge in [-0.15, -0.1) is 0 Å². The molecule has 2 fully saturated rings. The summed E-state index contributed by atoms with van der Waals surface area (Å²) in [4.78, 5) is 39.5. The van der Waals surface area contributed by atoms with Crippen LogP contribution in [0.4, 0.5) is 10.5 Å². The van der Waals surface area contributed by atoms with Gasteiger partial charge in [0.05, 0.1) is 6.54 Å². The minimum Gasteiger partial charge on any atom is -0.376 e. The van der Waals surface area contributed by atoms with Crippen LogP contribution in [0.2, 0.25) is 0 Å². The molecule has 0 spiro atoms. The van der Waals surface area contributed by atoms with E-state index in [0.29, 0.717) is 18.7 Å². The van der Waals surface area contributed by atoms with Crippen LogP contribution >= 0.6 is 0 Å². The number of anilines is 1. The summed E-state index contributed by atoms with van der Waals surface area (Å²) in [6, 6.07) is 5.42. The zero-order chi connectivity index (χ0) is 18.7. The molecule has 1 aromatic carbocycles. The number of piperidine rings is 1. The van der Waals surface area contributed by atoms with Crippen molar-refractivity contribution < 1.29 is 14.4 Å². The van der Waals surface area contributed by atoms with E-state index in [2.05, 4.69) is 17.6 Å². The minimum atomic E-state index is -0.342. The second-order valence-electron chi connectivity index (χ2n) is 7.00. The number of likely N-dealkylation sites (tertiary alicyclic amines) is 1. The first kappa shape index (κ1) is 18.2. The van der Waals surface area contributed by atoms with E-state index in [9.17, 15) is 14.4 Å². The number of urea groups is 1. The van der Waals surface area contributed by atoms with Crippen molar-refractivity contribution in [1.29, 1.82) is 0 Å². The maximum absolute atomic E-state index is 12.8. The Morgan fingerprint density at radius 2 is 2.08 bits per heavy atom. The average molecular weight is 358 g/mol. The van der Waals surface area contributed by atoms with Gasteiger partial charge in [0.1, 0.15) is 0 Å². The Kier molecular flexibility index (Phi) is 5.44. The van der Waals surface area contributed by atoms with Crippen LogP contribution in [0.1, 0.15) is 42.1 Å². The van der Waals surface area contributed by atoms with Crippen molar-refractivity contribution >= 4 is 23.5 Å². The third-order valence-corrected chi connectivity index (χ3v) is 5.13. The summed E-state index contributed by atoms with van der Waals surface area (Å²) < 4.78 is 0. The number of imide groups is 1. The van der Waals surface area contributed by atoms with Gasteiger partial charge in [0.15, 0.2) is 0 Å². The lowest BCUT2D eigenvalue weighted by atomic mass is 10.0.